The van der Waals surface area contributed by atoms with Crippen molar-refractivity contribution in [3.63, 3.8) is 0 Å². The summed E-state index contributed by atoms with van der Waals surface area (Å²) in [5.74, 6) is 0. The molecule has 1 nitrogen and oxygen atoms in total. The Bertz CT molecular complexity index is 3670. The number of anilines is 3. The molecule has 0 aliphatic heterocycles. The summed E-state index contributed by atoms with van der Waals surface area (Å²) in [5.41, 5.74) is 24.9. The molecule has 0 aromatic heterocycles. The molecule has 1 spiro atoms. The Kier molecular flexibility index (Phi) is 10.1. The number of fused-ring (bicyclic) bond motifs is 9. The molecular formula is C70H51N. The van der Waals surface area contributed by atoms with Crippen molar-refractivity contribution in [1.29, 1.82) is 0 Å². The standard InChI is InChI=1S/C70H51N/c1-48-21-12-13-28-58(48)59-46-41-53(47-49(59)2)52-39-44-57(45-40-52)71(56-42-37-51(38-43-56)50-22-6-3-7-23-50)67-36-20-35-66-68(67)60-29-14-15-30-61(60)70(66)64-33-18-16-31-62(64)69(54-24-8-4-9-25-54,55-26-10-5-11-27-55)63-32-17-19-34-65(63)70/h3-47H,1-2H3. The van der Waals surface area contributed by atoms with Crippen molar-refractivity contribution >= 4 is 17.1 Å². The first-order chi connectivity index (χ1) is 35.1. The van der Waals surface area contributed by atoms with Gasteiger partial charge in [-0.2, -0.15) is 0 Å². The van der Waals surface area contributed by atoms with Crippen LogP contribution in [0.2, 0.25) is 0 Å². The van der Waals surface area contributed by atoms with Gasteiger partial charge in [0.05, 0.1) is 16.5 Å². The lowest BCUT2D eigenvalue weighted by molar-refractivity contribution is 0.623. The van der Waals surface area contributed by atoms with Crippen LogP contribution in [0.4, 0.5) is 17.1 Å². The van der Waals surface area contributed by atoms with Gasteiger partial charge in [0, 0.05) is 16.9 Å². The second kappa shape index (κ2) is 17.0. The minimum atomic E-state index is -0.614. The lowest BCUT2D eigenvalue weighted by Crippen LogP contribution is -2.44. The van der Waals surface area contributed by atoms with Crippen molar-refractivity contribution in [3.8, 4) is 44.5 Å². The first-order valence-corrected chi connectivity index (χ1v) is 24.8. The third-order valence-corrected chi connectivity index (χ3v) is 15.5. The summed E-state index contributed by atoms with van der Waals surface area (Å²) >= 11 is 0. The smallest absolute Gasteiger partial charge is 0.0720 e. The van der Waals surface area contributed by atoms with Crippen LogP contribution in [0, 0.1) is 13.8 Å². The Balaban J connectivity index is 1.03. The third kappa shape index (κ3) is 6.47. The van der Waals surface area contributed by atoms with E-state index >= 15 is 0 Å². The van der Waals surface area contributed by atoms with Crippen LogP contribution in [0.5, 0.6) is 0 Å². The monoisotopic (exact) mass is 905 g/mol. The van der Waals surface area contributed by atoms with Crippen LogP contribution < -0.4 is 4.90 Å². The molecule has 0 N–H and O–H groups in total. The van der Waals surface area contributed by atoms with Crippen molar-refractivity contribution in [2.24, 2.45) is 0 Å². The van der Waals surface area contributed by atoms with Crippen molar-refractivity contribution in [2.75, 3.05) is 4.90 Å². The first-order valence-electron chi connectivity index (χ1n) is 24.8. The predicted octanol–water partition coefficient (Wildman–Crippen LogP) is 17.8. The SMILES string of the molecule is Cc1ccccc1-c1ccc(-c2ccc(N(c3ccc(-c4ccccc4)cc3)c3cccc4c3-c3ccccc3C43c4ccccc4C(c4ccccc4)(c4ccccc4)c4ccccc43)cc2)cc1C. The number of hydrogen-bond acceptors (Lipinski definition) is 1. The van der Waals surface area contributed by atoms with Crippen LogP contribution >= 0.6 is 0 Å². The van der Waals surface area contributed by atoms with Gasteiger partial charge in [0.25, 0.3) is 0 Å². The molecule has 0 saturated carbocycles. The number of nitrogens with zero attached hydrogens (tertiary/aromatic N) is 1. The van der Waals surface area contributed by atoms with E-state index in [1.807, 2.05) is 0 Å². The average Bonchev–Trinajstić information content (AvgIpc) is 3.75. The Morgan fingerprint density at radius 3 is 1.23 bits per heavy atom. The molecule has 11 aromatic rings. The Morgan fingerprint density at radius 1 is 0.268 bits per heavy atom. The summed E-state index contributed by atoms with van der Waals surface area (Å²) < 4.78 is 0. The quantitative estimate of drug-likeness (QED) is 0.147. The Hall–Kier alpha value is -8.78. The molecule has 1 heteroatoms. The summed E-state index contributed by atoms with van der Waals surface area (Å²) in [7, 11) is 0. The molecule has 2 aliphatic carbocycles. The summed E-state index contributed by atoms with van der Waals surface area (Å²) in [6, 6.07) is 102. The van der Waals surface area contributed by atoms with Crippen LogP contribution in [0.15, 0.2) is 273 Å². The maximum Gasteiger partial charge on any atom is 0.0720 e. The van der Waals surface area contributed by atoms with E-state index in [0.29, 0.717) is 0 Å². The van der Waals surface area contributed by atoms with Gasteiger partial charge in [-0.15, -0.1) is 0 Å². The summed E-state index contributed by atoms with van der Waals surface area (Å²) in [6.07, 6.45) is 0. The fourth-order valence-electron chi connectivity index (χ4n) is 12.5. The molecule has 0 fully saturated rings. The van der Waals surface area contributed by atoms with Gasteiger partial charge in [-0.05, 0) is 139 Å². The molecule has 71 heavy (non-hydrogen) atoms. The van der Waals surface area contributed by atoms with Crippen molar-refractivity contribution in [2.45, 2.75) is 24.7 Å². The summed E-state index contributed by atoms with van der Waals surface area (Å²) in [6.45, 7) is 4.42. The molecule has 0 heterocycles. The summed E-state index contributed by atoms with van der Waals surface area (Å²) in [4.78, 5) is 2.48. The highest BCUT2D eigenvalue weighted by molar-refractivity contribution is 5.99. The number of rotatable bonds is 8. The zero-order valence-corrected chi connectivity index (χ0v) is 39.9. The van der Waals surface area contributed by atoms with Crippen molar-refractivity contribution in [1.82, 2.24) is 0 Å². The molecule has 11 aromatic carbocycles. The lowest BCUT2D eigenvalue weighted by Gasteiger charge is -2.50. The molecule has 0 unspecified atom stereocenters. The minimum Gasteiger partial charge on any atom is -0.310 e. The summed E-state index contributed by atoms with van der Waals surface area (Å²) in [5, 5.41) is 0. The molecule has 0 bridgehead atoms. The van der Waals surface area contributed by atoms with Crippen LogP contribution in [-0.2, 0) is 10.8 Å². The molecule has 336 valence electrons. The molecule has 0 radical (unpaired) electrons. The largest absolute Gasteiger partial charge is 0.310 e. The van der Waals surface area contributed by atoms with Crippen LogP contribution in [0.1, 0.15) is 55.6 Å². The zero-order chi connectivity index (χ0) is 47.5. The van der Waals surface area contributed by atoms with E-state index in [-0.39, 0.29) is 0 Å². The van der Waals surface area contributed by atoms with Gasteiger partial charge in [0.1, 0.15) is 0 Å². The van der Waals surface area contributed by atoms with Crippen molar-refractivity contribution < 1.29 is 0 Å². The molecular weight excluding hydrogens is 855 g/mol. The highest BCUT2D eigenvalue weighted by atomic mass is 15.1. The highest BCUT2D eigenvalue weighted by Crippen LogP contribution is 2.66. The van der Waals surface area contributed by atoms with E-state index in [4.69, 9.17) is 0 Å². The second-order valence-electron chi connectivity index (χ2n) is 19.2. The van der Waals surface area contributed by atoms with Gasteiger partial charge in [-0.25, -0.2) is 0 Å². The predicted molar refractivity (Wildman–Crippen MR) is 296 cm³/mol. The van der Waals surface area contributed by atoms with Crippen LogP contribution in [0.3, 0.4) is 0 Å². The number of hydrogen-bond donors (Lipinski definition) is 0. The first kappa shape index (κ1) is 42.3. The molecule has 2 aliphatic rings. The highest BCUT2D eigenvalue weighted by Gasteiger charge is 2.57. The van der Waals surface area contributed by atoms with Gasteiger partial charge in [-0.1, -0.05) is 243 Å². The fourth-order valence-corrected chi connectivity index (χ4v) is 12.5. The number of benzene rings is 11. The van der Waals surface area contributed by atoms with Gasteiger partial charge in [-0.3, -0.25) is 0 Å². The number of aryl methyl sites for hydroxylation is 2. The Labute approximate surface area is 417 Å². The molecule has 13 rings (SSSR count). The van der Waals surface area contributed by atoms with E-state index in [2.05, 4.69) is 292 Å². The molecule has 0 saturated heterocycles. The van der Waals surface area contributed by atoms with Gasteiger partial charge < -0.3 is 4.90 Å². The van der Waals surface area contributed by atoms with Crippen molar-refractivity contribution in [3.05, 3.63) is 329 Å². The fraction of sp³-hybridized carbons (Fsp3) is 0.0571. The Morgan fingerprint density at radius 2 is 0.676 bits per heavy atom. The van der Waals surface area contributed by atoms with E-state index in [1.54, 1.807) is 0 Å². The zero-order valence-electron chi connectivity index (χ0n) is 39.9. The third-order valence-electron chi connectivity index (χ3n) is 15.5. The van der Waals surface area contributed by atoms with Gasteiger partial charge in [0.2, 0.25) is 0 Å². The van der Waals surface area contributed by atoms with E-state index < -0.39 is 10.8 Å². The van der Waals surface area contributed by atoms with E-state index in [9.17, 15) is 0 Å². The lowest BCUT2D eigenvalue weighted by atomic mass is 9.51. The topological polar surface area (TPSA) is 3.24 Å². The van der Waals surface area contributed by atoms with E-state index in [0.717, 1.165) is 17.1 Å². The van der Waals surface area contributed by atoms with Crippen LogP contribution in [-0.4, -0.2) is 0 Å². The average molecular weight is 906 g/mol. The van der Waals surface area contributed by atoms with Crippen LogP contribution in [0.25, 0.3) is 44.5 Å². The normalized spacial score (nSPS) is 13.4. The molecule has 0 amide bonds. The van der Waals surface area contributed by atoms with Gasteiger partial charge in [0.15, 0.2) is 0 Å². The van der Waals surface area contributed by atoms with E-state index in [1.165, 1.54) is 100 Å². The maximum atomic E-state index is 2.48. The minimum absolute atomic E-state index is 0.566. The van der Waals surface area contributed by atoms with Gasteiger partial charge >= 0.3 is 0 Å². The molecule has 0 atom stereocenters. The maximum absolute atomic E-state index is 2.48. The second-order valence-corrected chi connectivity index (χ2v) is 19.2.